The number of para-hydroxylation sites is 1. The van der Waals surface area contributed by atoms with E-state index in [-0.39, 0.29) is 0 Å². The van der Waals surface area contributed by atoms with Crippen LogP contribution in [0.5, 0.6) is 0 Å². The van der Waals surface area contributed by atoms with E-state index in [0.29, 0.717) is 5.92 Å². The molecular weight excluding hydrogens is 536 g/mol. The highest BCUT2D eigenvalue weighted by Crippen LogP contribution is 2.43. The van der Waals surface area contributed by atoms with Crippen molar-refractivity contribution in [3.8, 4) is 16.8 Å². The van der Waals surface area contributed by atoms with Gasteiger partial charge in [-0.15, -0.1) is 0 Å². The third-order valence-electron chi connectivity index (χ3n) is 9.88. The van der Waals surface area contributed by atoms with Gasteiger partial charge in [0.05, 0.1) is 27.6 Å². The molecule has 0 amide bonds. The number of allylic oxidation sites excluding steroid dienone is 1. The van der Waals surface area contributed by atoms with Crippen molar-refractivity contribution in [2.45, 2.75) is 26.2 Å². The lowest BCUT2D eigenvalue weighted by atomic mass is 9.88. The average Bonchev–Trinajstić information content (AvgIpc) is 3.74. The number of fused-ring (bicyclic) bond motifs is 12. The zero-order chi connectivity index (χ0) is 28.9. The van der Waals surface area contributed by atoms with E-state index in [4.69, 9.17) is 4.42 Å². The zero-order valence-electron chi connectivity index (χ0n) is 24.5. The highest BCUT2D eigenvalue weighted by atomic mass is 16.3. The van der Waals surface area contributed by atoms with Crippen molar-refractivity contribution in [2.24, 2.45) is 5.92 Å². The van der Waals surface area contributed by atoms with Gasteiger partial charge in [-0.1, -0.05) is 85.8 Å². The van der Waals surface area contributed by atoms with Gasteiger partial charge in [-0.05, 0) is 72.7 Å². The Morgan fingerprint density at radius 1 is 0.727 bits per heavy atom. The van der Waals surface area contributed by atoms with E-state index in [1.165, 1.54) is 76.5 Å². The van der Waals surface area contributed by atoms with Crippen molar-refractivity contribution in [1.82, 2.24) is 9.55 Å². The molecule has 3 heterocycles. The van der Waals surface area contributed by atoms with Crippen LogP contribution in [0.2, 0.25) is 0 Å². The van der Waals surface area contributed by atoms with Crippen LogP contribution in [0.25, 0.3) is 89.7 Å². The maximum atomic E-state index is 6.95. The smallest absolute Gasteiger partial charge is 0.145 e. The molecule has 0 radical (unpaired) electrons. The Morgan fingerprint density at radius 3 is 2.50 bits per heavy atom. The summed E-state index contributed by atoms with van der Waals surface area (Å²) in [5.74, 6) is 0.448. The molecule has 0 bridgehead atoms. The van der Waals surface area contributed by atoms with Crippen molar-refractivity contribution in [3.05, 3.63) is 119 Å². The van der Waals surface area contributed by atoms with Gasteiger partial charge < -0.3 is 14.0 Å². The number of aromatic amines is 1. The van der Waals surface area contributed by atoms with Gasteiger partial charge in [0.15, 0.2) is 0 Å². The summed E-state index contributed by atoms with van der Waals surface area (Å²) in [5.41, 5.74) is 11.9. The molecule has 0 saturated carbocycles. The minimum atomic E-state index is 0.448. The molecule has 10 rings (SSSR count). The highest BCUT2D eigenvalue weighted by molar-refractivity contribution is 6.17. The van der Waals surface area contributed by atoms with E-state index in [1.807, 2.05) is 0 Å². The quantitative estimate of drug-likeness (QED) is 0.222. The molecule has 3 nitrogen and oxygen atoms in total. The van der Waals surface area contributed by atoms with Gasteiger partial charge in [0.2, 0.25) is 0 Å². The van der Waals surface area contributed by atoms with E-state index in [1.54, 1.807) is 0 Å². The first kappa shape index (κ1) is 24.2. The van der Waals surface area contributed by atoms with Crippen molar-refractivity contribution < 1.29 is 4.42 Å². The van der Waals surface area contributed by atoms with Crippen LogP contribution in [0.15, 0.2) is 101 Å². The maximum Gasteiger partial charge on any atom is 0.145 e. The first-order valence-electron chi connectivity index (χ1n) is 15.7. The molecule has 0 aliphatic heterocycles. The predicted molar refractivity (Wildman–Crippen MR) is 185 cm³/mol. The number of H-pyrrole nitrogens is 1. The predicted octanol–water partition coefficient (Wildman–Crippen LogP) is 9.39. The van der Waals surface area contributed by atoms with Crippen LogP contribution in [0.1, 0.15) is 30.9 Å². The molecule has 3 aromatic heterocycles. The number of rotatable bonds is 2. The van der Waals surface area contributed by atoms with E-state index in [2.05, 4.69) is 132 Å². The lowest BCUT2D eigenvalue weighted by Crippen LogP contribution is -2.24. The van der Waals surface area contributed by atoms with Gasteiger partial charge in [-0.3, -0.25) is 0 Å². The topological polar surface area (TPSA) is 33.9 Å². The molecule has 210 valence electrons. The molecule has 1 atom stereocenters. The zero-order valence-corrected chi connectivity index (χ0v) is 24.5. The fourth-order valence-electron chi connectivity index (χ4n) is 7.85. The molecule has 44 heavy (non-hydrogen) atoms. The fourth-order valence-corrected chi connectivity index (χ4v) is 7.85. The number of benzene rings is 5. The van der Waals surface area contributed by atoms with Crippen molar-refractivity contribution >= 4 is 72.9 Å². The van der Waals surface area contributed by atoms with Crippen molar-refractivity contribution in [3.63, 3.8) is 0 Å². The lowest BCUT2D eigenvalue weighted by molar-refractivity contribution is 0.649. The first-order valence-corrected chi connectivity index (χ1v) is 15.7. The number of nitrogens with zero attached hydrogens (tertiary/aromatic N) is 1. The minimum absolute atomic E-state index is 0.448. The van der Waals surface area contributed by atoms with Gasteiger partial charge in [-0.2, -0.15) is 0 Å². The van der Waals surface area contributed by atoms with Crippen LogP contribution >= 0.6 is 0 Å². The molecule has 8 aromatic rings. The third-order valence-corrected chi connectivity index (χ3v) is 9.88. The SMILES string of the molecule is CC1C=Cc2c(-n3c4ccccc4c4cc(-c5ccccc5)ccc43)cc3c(oc4c3ccc3[nH]c5c(c34)=CCCC=5)c2C1. The van der Waals surface area contributed by atoms with Crippen LogP contribution in [-0.2, 0) is 6.42 Å². The molecule has 1 unspecified atom stereocenters. The Balaban J connectivity index is 1.33. The highest BCUT2D eigenvalue weighted by Gasteiger charge is 2.25. The van der Waals surface area contributed by atoms with Gasteiger partial charge in [0, 0.05) is 43.2 Å². The lowest BCUT2D eigenvalue weighted by Gasteiger charge is -2.21. The largest absolute Gasteiger partial charge is 0.455 e. The Hall–Kier alpha value is -5.28. The van der Waals surface area contributed by atoms with E-state index >= 15 is 0 Å². The number of nitrogens with one attached hydrogen (secondary N) is 1. The van der Waals surface area contributed by atoms with Crippen molar-refractivity contribution in [1.29, 1.82) is 0 Å². The summed E-state index contributed by atoms with van der Waals surface area (Å²) in [6.07, 6.45) is 12.5. The minimum Gasteiger partial charge on any atom is -0.455 e. The molecule has 2 aliphatic carbocycles. The van der Waals surface area contributed by atoms with E-state index < -0.39 is 0 Å². The molecule has 2 aliphatic rings. The summed E-state index contributed by atoms with van der Waals surface area (Å²) in [6, 6.07) is 33.3. The summed E-state index contributed by atoms with van der Waals surface area (Å²) >= 11 is 0. The monoisotopic (exact) mass is 566 g/mol. The first-order chi connectivity index (χ1) is 21.7. The molecule has 1 N–H and O–H groups in total. The number of furan rings is 1. The van der Waals surface area contributed by atoms with Crippen molar-refractivity contribution in [2.75, 3.05) is 0 Å². The second-order valence-electron chi connectivity index (χ2n) is 12.6. The van der Waals surface area contributed by atoms with Crippen LogP contribution in [0, 0.1) is 5.92 Å². The van der Waals surface area contributed by atoms with Crippen LogP contribution in [0.3, 0.4) is 0 Å². The summed E-state index contributed by atoms with van der Waals surface area (Å²) < 4.78 is 9.43. The molecular formula is C41H30N2O. The van der Waals surface area contributed by atoms with Crippen LogP contribution < -0.4 is 10.6 Å². The molecule has 0 fully saturated rings. The molecule has 0 saturated heterocycles. The van der Waals surface area contributed by atoms with Gasteiger partial charge in [0.1, 0.15) is 11.2 Å². The second kappa shape index (κ2) is 8.87. The van der Waals surface area contributed by atoms with Crippen LogP contribution in [-0.4, -0.2) is 9.55 Å². The van der Waals surface area contributed by atoms with Gasteiger partial charge in [0.25, 0.3) is 0 Å². The fraction of sp³-hybridized carbons (Fsp3) is 0.122. The standard InChI is InChI=1S/C41H30N2O/c1-24-15-17-28-32(21-24)40-33(29-18-19-35-39(41(29)44-40)30-12-5-7-13-34(30)42-35)23-38(28)43-36-14-8-6-11-27(36)31-22-26(16-20-37(31)43)25-9-3-2-4-10-25/h2-4,6,8-20,22-24,42H,5,7,21H2,1H3. The summed E-state index contributed by atoms with van der Waals surface area (Å²) in [6.45, 7) is 2.30. The summed E-state index contributed by atoms with van der Waals surface area (Å²) in [5, 5.41) is 8.64. The number of aromatic nitrogens is 2. The summed E-state index contributed by atoms with van der Waals surface area (Å²) in [4.78, 5) is 3.65. The Morgan fingerprint density at radius 2 is 1.57 bits per heavy atom. The second-order valence-corrected chi connectivity index (χ2v) is 12.6. The van der Waals surface area contributed by atoms with Gasteiger partial charge in [-0.25, -0.2) is 0 Å². The Bertz CT molecular complexity index is 2640. The molecule has 3 heteroatoms. The summed E-state index contributed by atoms with van der Waals surface area (Å²) in [7, 11) is 0. The number of hydrogen-bond donors (Lipinski definition) is 1. The van der Waals surface area contributed by atoms with Crippen LogP contribution in [0.4, 0.5) is 0 Å². The average molecular weight is 567 g/mol. The Kier molecular flexibility index (Phi) is 4.88. The Labute approximate surface area is 254 Å². The molecule has 5 aromatic carbocycles. The third kappa shape index (κ3) is 3.27. The van der Waals surface area contributed by atoms with Gasteiger partial charge >= 0.3 is 0 Å². The normalized spacial score (nSPS) is 16.1. The number of hydrogen-bond acceptors (Lipinski definition) is 1. The van der Waals surface area contributed by atoms with E-state index in [0.717, 1.165) is 35.9 Å². The van der Waals surface area contributed by atoms with E-state index in [9.17, 15) is 0 Å². The maximum absolute atomic E-state index is 6.95. The molecule has 0 spiro atoms.